The van der Waals surface area contributed by atoms with E-state index in [4.69, 9.17) is 4.42 Å². The number of rotatable bonds is 7. The molecule has 0 aliphatic heterocycles. The Balaban J connectivity index is 1.98. The topological polar surface area (TPSA) is 28.4 Å². The van der Waals surface area contributed by atoms with E-state index in [1.807, 2.05) is 13.3 Å². The standard InChI is InChI=1S/C14H24N2O/c1-11(2)9-16(13-4-5-13)10-14-12(8-15-3)6-7-17-14/h6-7,11,13,15H,4-5,8-10H2,1-3H3. The molecule has 3 nitrogen and oxygen atoms in total. The van der Waals surface area contributed by atoms with Gasteiger partial charge >= 0.3 is 0 Å². The van der Waals surface area contributed by atoms with Crippen LogP contribution in [0.2, 0.25) is 0 Å². The van der Waals surface area contributed by atoms with Gasteiger partial charge in [0.25, 0.3) is 0 Å². The lowest BCUT2D eigenvalue weighted by molar-refractivity contribution is 0.208. The van der Waals surface area contributed by atoms with Gasteiger partial charge in [-0.1, -0.05) is 13.8 Å². The van der Waals surface area contributed by atoms with Gasteiger partial charge in [-0.05, 0) is 31.9 Å². The number of nitrogens with zero attached hydrogens (tertiary/aromatic N) is 1. The van der Waals surface area contributed by atoms with Gasteiger partial charge in [0, 0.05) is 24.7 Å². The van der Waals surface area contributed by atoms with Gasteiger partial charge in [0.2, 0.25) is 0 Å². The first-order chi connectivity index (χ1) is 8.20. The number of hydrogen-bond acceptors (Lipinski definition) is 3. The molecule has 1 aliphatic carbocycles. The van der Waals surface area contributed by atoms with Crippen LogP contribution in [0.5, 0.6) is 0 Å². The minimum atomic E-state index is 0.721. The van der Waals surface area contributed by atoms with E-state index in [1.54, 1.807) is 0 Å². The lowest BCUT2D eigenvalue weighted by atomic mass is 10.2. The Morgan fingerprint density at radius 2 is 2.24 bits per heavy atom. The van der Waals surface area contributed by atoms with Crippen molar-refractivity contribution < 1.29 is 4.42 Å². The lowest BCUT2D eigenvalue weighted by Crippen LogP contribution is -2.29. The fraction of sp³-hybridized carbons (Fsp3) is 0.714. The van der Waals surface area contributed by atoms with E-state index >= 15 is 0 Å². The monoisotopic (exact) mass is 236 g/mol. The maximum atomic E-state index is 5.63. The fourth-order valence-corrected chi connectivity index (χ4v) is 2.29. The molecule has 1 aromatic heterocycles. The van der Waals surface area contributed by atoms with Crippen LogP contribution in [-0.4, -0.2) is 24.5 Å². The third-order valence-corrected chi connectivity index (χ3v) is 3.21. The molecule has 96 valence electrons. The third kappa shape index (κ3) is 3.58. The van der Waals surface area contributed by atoms with Crippen LogP contribution < -0.4 is 5.32 Å². The van der Waals surface area contributed by atoms with Crippen LogP contribution in [0.4, 0.5) is 0 Å². The zero-order valence-corrected chi connectivity index (χ0v) is 11.2. The highest BCUT2D eigenvalue weighted by atomic mass is 16.3. The quantitative estimate of drug-likeness (QED) is 0.789. The van der Waals surface area contributed by atoms with E-state index in [-0.39, 0.29) is 0 Å². The Labute approximate surface area is 104 Å². The molecule has 3 heteroatoms. The summed E-state index contributed by atoms with van der Waals surface area (Å²) in [6.45, 7) is 7.60. The highest BCUT2D eigenvalue weighted by Gasteiger charge is 2.30. The molecule has 1 fully saturated rings. The molecule has 0 saturated heterocycles. The van der Waals surface area contributed by atoms with Crippen molar-refractivity contribution in [3.8, 4) is 0 Å². The van der Waals surface area contributed by atoms with Crippen LogP contribution in [0.1, 0.15) is 38.0 Å². The summed E-state index contributed by atoms with van der Waals surface area (Å²) in [5.41, 5.74) is 1.29. The largest absolute Gasteiger partial charge is 0.468 e. The van der Waals surface area contributed by atoms with E-state index in [9.17, 15) is 0 Å². The zero-order chi connectivity index (χ0) is 12.3. The van der Waals surface area contributed by atoms with Crippen LogP contribution in [0.3, 0.4) is 0 Å². The van der Waals surface area contributed by atoms with Crippen LogP contribution in [0.15, 0.2) is 16.7 Å². The molecule has 0 radical (unpaired) electrons. The summed E-state index contributed by atoms with van der Waals surface area (Å²) in [4.78, 5) is 2.57. The first-order valence-corrected chi connectivity index (χ1v) is 6.64. The summed E-state index contributed by atoms with van der Waals surface area (Å²) in [6, 6.07) is 2.87. The minimum Gasteiger partial charge on any atom is -0.468 e. The smallest absolute Gasteiger partial charge is 0.122 e. The van der Waals surface area contributed by atoms with Gasteiger partial charge in [-0.2, -0.15) is 0 Å². The van der Waals surface area contributed by atoms with Crippen LogP contribution >= 0.6 is 0 Å². The summed E-state index contributed by atoms with van der Waals surface area (Å²) in [5, 5.41) is 3.19. The van der Waals surface area contributed by atoms with E-state index < -0.39 is 0 Å². The summed E-state index contributed by atoms with van der Waals surface area (Å²) in [6.07, 6.45) is 4.52. The van der Waals surface area contributed by atoms with E-state index in [0.29, 0.717) is 0 Å². The molecule has 0 atom stereocenters. The van der Waals surface area contributed by atoms with Crippen LogP contribution in [0, 0.1) is 5.92 Å². The van der Waals surface area contributed by atoms with Crippen molar-refractivity contribution in [2.24, 2.45) is 5.92 Å². The highest BCUT2D eigenvalue weighted by molar-refractivity contribution is 5.17. The van der Waals surface area contributed by atoms with Gasteiger partial charge in [0.1, 0.15) is 5.76 Å². The second-order valence-corrected chi connectivity index (χ2v) is 5.45. The van der Waals surface area contributed by atoms with Crippen molar-refractivity contribution in [1.29, 1.82) is 0 Å². The Kier molecular flexibility index (Phi) is 4.24. The van der Waals surface area contributed by atoms with E-state index in [0.717, 1.165) is 30.8 Å². The normalized spacial score (nSPS) is 16.1. The maximum Gasteiger partial charge on any atom is 0.122 e. The predicted molar refractivity (Wildman–Crippen MR) is 69.7 cm³/mol. The molecule has 0 amide bonds. The summed E-state index contributed by atoms with van der Waals surface area (Å²) in [5.74, 6) is 1.85. The number of furan rings is 1. The number of nitrogens with one attached hydrogen (secondary N) is 1. The molecule has 2 rings (SSSR count). The Morgan fingerprint density at radius 1 is 1.47 bits per heavy atom. The van der Waals surface area contributed by atoms with E-state index in [1.165, 1.54) is 24.9 Å². The first-order valence-electron chi connectivity index (χ1n) is 6.64. The van der Waals surface area contributed by atoms with Crippen molar-refractivity contribution in [2.75, 3.05) is 13.6 Å². The van der Waals surface area contributed by atoms with Gasteiger partial charge in [-0.25, -0.2) is 0 Å². The predicted octanol–water partition coefficient (Wildman–Crippen LogP) is 2.62. The van der Waals surface area contributed by atoms with Crippen LogP contribution in [-0.2, 0) is 13.1 Å². The zero-order valence-electron chi connectivity index (χ0n) is 11.2. The molecule has 1 aromatic rings. The average molecular weight is 236 g/mol. The SMILES string of the molecule is CNCc1ccoc1CN(CC(C)C)C1CC1. The Hall–Kier alpha value is -0.800. The molecule has 1 saturated carbocycles. The summed E-state index contributed by atoms with van der Waals surface area (Å²) in [7, 11) is 1.98. The van der Waals surface area contributed by atoms with E-state index in [2.05, 4.69) is 30.1 Å². The van der Waals surface area contributed by atoms with Crippen molar-refractivity contribution in [1.82, 2.24) is 10.2 Å². The molecular formula is C14H24N2O. The average Bonchev–Trinajstić information content (AvgIpc) is 3.02. The van der Waals surface area contributed by atoms with Gasteiger partial charge in [-0.15, -0.1) is 0 Å². The minimum absolute atomic E-state index is 0.721. The van der Waals surface area contributed by atoms with Crippen molar-refractivity contribution in [2.45, 2.75) is 45.8 Å². The van der Waals surface area contributed by atoms with Gasteiger partial charge in [0.15, 0.2) is 0 Å². The molecule has 0 bridgehead atoms. The number of hydrogen-bond donors (Lipinski definition) is 1. The molecule has 0 spiro atoms. The van der Waals surface area contributed by atoms with Gasteiger partial charge in [0.05, 0.1) is 12.8 Å². The molecule has 1 aliphatic rings. The summed E-state index contributed by atoms with van der Waals surface area (Å²) >= 11 is 0. The third-order valence-electron chi connectivity index (χ3n) is 3.21. The molecule has 0 unspecified atom stereocenters. The van der Waals surface area contributed by atoms with Crippen molar-refractivity contribution >= 4 is 0 Å². The Bertz CT molecular complexity index is 342. The molecule has 1 N–H and O–H groups in total. The van der Waals surface area contributed by atoms with Crippen molar-refractivity contribution in [3.05, 3.63) is 23.7 Å². The second kappa shape index (κ2) is 5.69. The molecule has 17 heavy (non-hydrogen) atoms. The molecule has 0 aromatic carbocycles. The van der Waals surface area contributed by atoms with Crippen molar-refractivity contribution in [3.63, 3.8) is 0 Å². The molecule has 1 heterocycles. The first kappa shape index (κ1) is 12.7. The molecular weight excluding hydrogens is 212 g/mol. The highest BCUT2D eigenvalue weighted by Crippen LogP contribution is 2.29. The lowest BCUT2D eigenvalue weighted by Gasteiger charge is -2.23. The summed E-state index contributed by atoms with van der Waals surface area (Å²) < 4.78 is 5.63. The maximum absolute atomic E-state index is 5.63. The Morgan fingerprint density at radius 3 is 2.82 bits per heavy atom. The second-order valence-electron chi connectivity index (χ2n) is 5.45. The van der Waals surface area contributed by atoms with Gasteiger partial charge < -0.3 is 9.73 Å². The van der Waals surface area contributed by atoms with Crippen LogP contribution in [0.25, 0.3) is 0 Å². The van der Waals surface area contributed by atoms with Gasteiger partial charge in [-0.3, -0.25) is 4.90 Å². The fourth-order valence-electron chi connectivity index (χ4n) is 2.29.